The van der Waals surface area contributed by atoms with Crippen molar-refractivity contribution in [3.63, 3.8) is 0 Å². The van der Waals surface area contributed by atoms with Crippen molar-refractivity contribution in [2.45, 2.75) is 6.42 Å². The van der Waals surface area contributed by atoms with Crippen molar-refractivity contribution in [1.82, 2.24) is 4.90 Å². The first-order chi connectivity index (χ1) is 9.76. The summed E-state index contributed by atoms with van der Waals surface area (Å²) in [4.78, 5) is 14.1. The standard InChI is InChI=1S/C15H21NO4/c1-19-9-7-16(6-8-17)15(18)13-10-12-4-2-3-5-14(12)20-11-13/h2-5,13,17H,6-11H2,1H3. The summed E-state index contributed by atoms with van der Waals surface area (Å²) >= 11 is 0. The number of aliphatic hydroxyl groups is 1. The molecule has 110 valence electrons. The Bertz CT molecular complexity index is 449. The molecule has 20 heavy (non-hydrogen) atoms. The van der Waals surface area contributed by atoms with Gasteiger partial charge in [0.2, 0.25) is 5.91 Å². The van der Waals surface area contributed by atoms with Crippen LogP contribution in [0.4, 0.5) is 0 Å². The quantitative estimate of drug-likeness (QED) is 0.833. The molecule has 0 saturated heterocycles. The Kier molecular flexibility index (Phi) is 5.38. The van der Waals surface area contributed by atoms with E-state index in [0.717, 1.165) is 11.3 Å². The molecule has 1 aromatic carbocycles. The number of carbonyl (C=O) groups is 1. The monoisotopic (exact) mass is 279 g/mol. The molecule has 1 heterocycles. The molecular formula is C15H21NO4. The van der Waals surface area contributed by atoms with Crippen molar-refractivity contribution in [2.24, 2.45) is 5.92 Å². The molecule has 1 aliphatic heterocycles. The van der Waals surface area contributed by atoms with Crippen LogP contribution >= 0.6 is 0 Å². The summed E-state index contributed by atoms with van der Waals surface area (Å²) in [5.41, 5.74) is 1.06. The Morgan fingerprint density at radius 1 is 1.45 bits per heavy atom. The van der Waals surface area contributed by atoms with Gasteiger partial charge in [0.15, 0.2) is 0 Å². The molecule has 0 aliphatic carbocycles. The molecule has 0 aromatic heterocycles. The van der Waals surface area contributed by atoms with E-state index >= 15 is 0 Å². The zero-order valence-electron chi connectivity index (χ0n) is 11.7. The molecule has 1 N–H and O–H groups in total. The summed E-state index contributed by atoms with van der Waals surface area (Å²) in [7, 11) is 1.60. The van der Waals surface area contributed by atoms with Gasteiger partial charge >= 0.3 is 0 Å². The molecule has 1 atom stereocenters. The number of rotatable bonds is 6. The third-order valence-electron chi connectivity index (χ3n) is 3.48. The van der Waals surface area contributed by atoms with Gasteiger partial charge < -0.3 is 19.5 Å². The number of hydrogen-bond donors (Lipinski definition) is 1. The Balaban J connectivity index is 2.01. The van der Waals surface area contributed by atoms with E-state index in [1.54, 1.807) is 12.0 Å². The lowest BCUT2D eigenvalue weighted by Gasteiger charge is -2.30. The fraction of sp³-hybridized carbons (Fsp3) is 0.533. The molecule has 1 aliphatic rings. The van der Waals surface area contributed by atoms with Crippen LogP contribution in [0.2, 0.25) is 0 Å². The minimum atomic E-state index is -0.187. The van der Waals surface area contributed by atoms with Gasteiger partial charge in [-0.2, -0.15) is 0 Å². The number of ether oxygens (including phenoxy) is 2. The Labute approximate surface area is 119 Å². The summed E-state index contributed by atoms with van der Waals surface area (Å²) in [6, 6.07) is 7.79. The normalized spacial score (nSPS) is 17.2. The largest absolute Gasteiger partial charge is 0.492 e. The van der Waals surface area contributed by atoms with Gasteiger partial charge in [-0.25, -0.2) is 0 Å². The average molecular weight is 279 g/mol. The van der Waals surface area contributed by atoms with E-state index < -0.39 is 0 Å². The lowest BCUT2D eigenvalue weighted by atomic mass is 9.95. The van der Waals surface area contributed by atoms with Gasteiger partial charge in [-0.05, 0) is 18.1 Å². The van der Waals surface area contributed by atoms with Crippen molar-refractivity contribution >= 4 is 5.91 Å². The number of benzene rings is 1. The number of carbonyl (C=O) groups excluding carboxylic acids is 1. The molecule has 5 heteroatoms. The van der Waals surface area contributed by atoms with Crippen molar-refractivity contribution in [2.75, 3.05) is 40.0 Å². The lowest BCUT2D eigenvalue weighted by molar-refractivity contribution is -0.138. The summed E-state index contributed by atoms with van der Waals surface area (Å²) in [5.74, 6) is 0.695. The molecule has 0 saturated carbocycles. The van der Waals surface area contributed by atoms with Crippen LogP contribution in [0.3, 0.4) is 0 Å². The Morgan fingerprint density at radius 3 is 3.00 bits per heavy atom. The number of amides is 1. The van der Waals surface area contributed by atoms with Crippen LogP contribution in [0.25, 0.3) is 0 Å². The Morgan fingerprint density at radius 2 is 2.25 bits per heavy atom. The van der Waals surface area contributed by atoms with E-state index in [2.05, 4.69) is 0 Å². The number of methoxy groups -OCH3 is 1. The maximum Gasteiger partial charge on any atom is 0.229 e. The third kappa shape index (κ3) is 3.49. The molecule has 2 rings (SSSR count). The van der Waals surface area contributed by atoms with Gasteiger partial charge in [-0.1, -0.05) is 18.2 Å². The van der Waals surface area contributed by atoms with E-state index in [1.807, 2.05) is 24.3 Å². The van der Waals surface area contributed by atoms with Crippen molar-refractivity contribution < 1.29 is 19.4 Å². The van der Waals surface area contributed by atoms with Crippen molar-refractivity contribution in [3.8, 4) is 5.75 Å². The Hall–Kier alpha value is -1.59. The molecule has 1 amide bonds. The van der Waals surface area contributed by atoms with Gasteiger partial charge in [-0.3, -0.25) is 4.79 Å². The van der Waals surface area contributed by atoms with Crippen LogP contribution in [0.1, 0.15) is 5.56 Å². The van der Waals surface area contributed by atoms with Gasteiger partial charge in [0.1, 0.15) is 12.4 Å². The van der Waals surface area contributed by atoms with Crippen molar-refractivity contribution in [3.05, 3.63) is 29.8 Å². The van der Waals surface area contributed by atoms with Crippen LogP contribution in [0, 0.1) is 5.92 Å². The predicted octanol–water partition coefficient (Wildman–Crippen LogP) is 0.705. The van der Waals surface area contributed by atoms with Gasteiger partial charge in [-0.15, -0.1) is 0 Å². The molecule has 1 aromatic rings. The van der Waals surface area contributed by atoms with Crippen LogP contribution in [-0.4, -0.2) is 55.9 Å². The van der Waals surface area contributed by atoms with Gasteiger partial charge in [0.05, 0.1) is 19.1 Å². The first-order valence-electron chi connectivity index (χ1n) is 6.85. The molecule has 0 bridgehead atoms. The highest BCUT2D eigenvalue weighted by Gasteiger charge is 2.29. The fourth-order valence-corrected chi connectivity index (χ4v) is 2.40. The van der Waals surface area contributed by atoms with Crippen LogP contribution < -0.4 is 4.74 Å². The summed E-state index contributed by atoms with van der Waals surface area (Å²) in [6.07, 6.45) is 0.684. The van der Waals surface area contributed by atoms with Gasteiger partial charge in [0.25, 0.3) is 0 Å². The highest BCUT2D eigenvalue weighted by Crippen LogP contribution is 2.27. The van der Waals surface area contributed by atoms with E-state index in [0.29, 0.717) is 32.7 Å². The number of aliphatic hydroxyl groups excluding tert-OH is 1. The number of fused-ring (bicyclic) bond motifs is 1. The van der Waals surface area contributed by atoms with Crippen molar-refractivity contribution in [1.29, 1.82) is 0 Å². The highest BCUT2D eigenvalue weighted by molar-refractivity contribution is 5.79. The number of para-hydroxylation sites is 1. The minimum absolute atomic E-state index is 0.0191. The topological polar surface area (TPSA) is 59.0 Å². The second-order valence-corrected chi connectivity index (χ2v) is 4.86. The molecule has 0 radical (unpaired) electrons. The molecular weight excluding hydrogens is 258 g/mol. The van der Waals surface area contributed by atoms with Gasteiger partial charge in [0, 0.05) is 20.2 Å². The van der Waals surface area contributed by atoms with E-state index in [1.165, 1.54) is 0 Å². The summed E-state index contributed by atoms with van der Waals surface area (Å²) in [6.45, 7) is 1.65. The highest BCUT2D eigenvalue weighted by atomic mass is 16.5. The average Bonchev–Trinajstić information content (AvgIpc) is 2.50. The lowest BCUT2D eigenvalue weighted by Crippen LogP contribution is -2.43. The maximum absolute atomic E-state index is 12.5. The van der Waals surface area contributed by atoms with Crippen LogP contribution in [0.15, 0.2) is 24.3 Å². The molecule has 0 fully saturated rings. The van der Waals surface area contributed by atoms with Crippen LogP contribution in [-0.2, 0) is 16.0 Å². The second-order valence-electron chi connectivity index (χ2n) is 4.86. The molecule has 1 unspecified atom stereocenters. The number of nitrogens with zero attached hydrogens (tertiary/aromatic N) is 1. The first-order valence-corrected chi connectivity index (χ1v) is 6.85. The zero-order valence-corrected chi connectivity index (χ0v) is 11.7. The molecule has 0 spiro atoms. The summed E-state index contributed by atoms with van der Waals surface area (Å²) in [5, 5.41) is 9.08. The molecule has 5 nitrogen and oxygen atoms in total. The predicted molar refractivity (Wildman–Crippen MR) is 74.7 cm³/mol. The first kappa shape index (κ1) is 14.8. The van der Waals surface area contributed by atoms with Crippen LogP contribution in [0.5, 0.6) is 5.75 Å². The minimum Gasteiger partial charge on any atom is -0.492 e. The third-order valence-corrected chi connectivity index (χ3v) is 3.48. The van der Waals surface area contributed by atoms with E-state index in [-0.39, 0.29) is 18.4 Å². The van der Waals surface area contributed by atoms with E-state index in [4.69, 9.17) is 14.6 Å². The fourth-order valence-electron chi connectivity index (χ4n) is 2.40. The smallest absolute Gasteiger partial charge is 0.229 e. The number of hydrogen-bond acceptors (Lipinski definition) is 4. The zero-order chi connectivity index (χ0) is 14.4. The summed E-state index contributed by atoms with van der Waals surface area (Å²) < 4.78 is 10.7. The van der Waals surface area contributed by atoms with E-state index in [9.17, 15) is 4.79 Å². The SMILES string of the molecule is COCCN(CCO)C(=O)C1COc2ccccc2C1. The second kappa shape index (κ2) is 7.26. The maximum atomic E-state index is 12.5.